The van der Waals surface area contributed by atoms with Gasteiger partial charge in [-0.2, -0.15) is 9.49 Å². The van der Waals surface area contributed by atoms with E-state index in [-0.39, 0.29) is 11.2 Å². The van der Waals surface area contributed by atoms with Gasteiger partial charge in [0.2, 0.25) is 0 Å². The molecule has 1 aromatic rings. The molecule has 0 unspecified atom stereocenters. The zero-order valence-electron chi connectivity index (χ0n) is 8.68. The molecule has 0 radical (unpaired) electrons. The molecule has 0 bridgehead atoms. The van der Waals surface area contributed by atoms with Gasteiger partial charge in [-0.25, -0.2) is 4.68 Å². The Hall–Kier alpha value is -1.06. The van der Waals surface area contributed by atoms with Crippen LogP contribution in [0.1, 0.15) is 26.5 Å². The van der Waals surface area contributed by atoms with Crippen LogP contribution in [0.5, 0.6) is 5.75 Å². The van der Waals surface area contributed by atoms with Gasteiger partial charge in [-0.05, 0) is 0 Å². The number of aryl methyl sites for hydroxylation is 1. The Morgan fingerprint density at radius 2 is 1.92 bits per heavy atom. The van der Waals surface area contributed by atoms with E-state index in [1.54, 1.807) is 7.05 Å². The highest BCUT2D eigenvalue weighted by molar-refractivity contribution is 5.31. The summed E-state index contributed by atoms with van der Waals surface area (Å²) in [6.45, 7) is 5.91. The van der Waals surface area contributed by atoms with E-state index in [1.807, 2.05) is 20.8 Å². The van der Waals surface area contributed by atoms with E-state index in [0.717, 1.165) is 0 Å². The molecule has 0 N–H and O–H groups in total. The van der Waals surface area contributed by atoms with Crippen molar-refractivity contribution in [3.63, 3.8) is 0 Å². The minimum absolute atomic E-state index is 0.201. The summed E-state index contributed by atoms with van der Waals surface area (Å²) in [5, 5.41) is 4.07. The van der Waals surface area contributed by atoms with Gasteiger partial charge in [0.05, 0.1) is 7.11 Å². The van der Waals surface area contributed by atoms with Crippen LogP contribution in [0.3, 0.4) is 0 Å². The number of rotatable bonds is 1. The van der Waals surface area contributed by atoms with Gasteiger partial charge in [0.1, 0.15) is 5.69 Å². The molecule has 0 aliphatic carbocycles. The van der Waals surface area contributed by atoms with E-state index >= 15 is 0 Å². The third-order valence-electron chi connectivity index (χ3n) is 1.85. The predicted molar refractivity (Wildman–Crippen MR) is 48.4 cm³/mol. The monoisotopic (exact) mass is 186 g/mol. The smallest absolute Gasteiger partial charge is 0.254 e. The third kappa shape index (κ3) is 1.66. The Kier molecular flexibility index (Phi) is 2.32. The molecule has 1 aromatic heterocycles. The van der Waals surface area contributed by atoms with Crippen molar-refractivity contribution < 1.29 is 9.13 Å². The molecule has 3 nitrogen and oxygen atoms in total. The first-order chi connectivity index (χ1) is 5.88. The number of hydrogen-bond acceptors (Lipinski definition) is 2. The summed E-state index contributed by atoms with van der Waals surface area (Å²) in [5.74, 6) is -0.178. The number of nitrogens with zero attached hydrogens (tertiary/aromatic N) is 2. The van der Waals surface area contributed by atoms with Crippen molar-refractivity contribution in [3.8, 4) is 5.75 Å². The summed E-state index contributed by atoms with van der Waals surface area (Å²) < 4.78 is 19.5. The highest BCUT2D eigenvalue weighted by atomic mass is 19.1. The van der Waals surface area contributed by atoms with Crippen LogP contribution in [0.25, 0.3) is 0 Å². The molecule has 74 valence electrons. The highest BCUT2D eigenvalue weighted by Gasteiger charge is 2.26. The van der Waals surface area contributed by atoms with Crippen molar-refractivity contribution >= 4 is 0 Å². The Labute approximate surface area is 77.5 Å². The zero-order valence-corrected chi connectivity index (χ0v) is 8.68. The lowest BCUT2D eigenvalue weighted by atomic mass is 9.92. The van der Waals surface area contributed by atoms with Crippen LogP contribution in [0.2, 0.25) is 0 Å². The van der Waals surface area contributed by atoms with E-state index in [2.05, 4.69) is 5.10 Å². The Bertz CT molecular complexity index is 312. The molecule has 0 aliphatic rings. The van der Waals surface area contributed by atoms with Gasteiger partial charge >= 0.3 is 0 Å². The normalized spacial score (nSPS) is 11.8. The molecular weight excluding hydrogens is 171 g/mol. The number of aromatic nitrogens is 2. The quantitative estimate of drug-likeness (QED) is 0.669. The van der Waals surface area contributed by atoms with Gasteiger partial charge in [-0.1, -0.05) is 20.8 Å². The second-order valence-electron chi connectivity index (χ2n) is 4.05. The Morgan fingerprint density at radius 3 is 2.23 bits per heavy atom. The summed E-state index contributed by atoms with van der Waals surface area (Å²) in [4.78, 5) is 0. The summed E-state index contributed by atoms with van der Waals surface area (Å²) in [7, 11) is 3.02. The molecule has 0 spiro atoms. The van der Waals surface area contributed by atoms with Crippen LogP contribution in [-0.4, -0.2) is 16.9 Å². The van der Waals surface area contributed by atoms with Crippen molar-refractivity contribution in [2.45, 2.75) is 26.2 Å². The third-order valence-corrected chi connectivity index (χ3v) is 1.85. The van der Waals surface area contributed by atoms with Crippen molar-refractivity contribution in [2.24, 2.45) is 7.05 Å². The van der Waals surface area contributed by atoms with Gasteiger partial charge < -0.3 is 4.74 Å². The molecule has 1 heterocycles. The molecule has 0 amide bonds. The molecule has 0 atom stereocenters. The van der Waals surface area contributed by atoms with Gasteiger partial charge in [-0.15, -0.1) is 0 Å². The average Bonchev–Trinajstić information content (AvgIpc) is 2.28. The number of ether oxygens (including phenoxy) is 1. The van der Waals surface area contributed by atoms with Crippen molar-refractivity contribution in [1.82, 2.24) is 9.78 Å². The maximum atomic E-state index is 13.3. The summed E-state index contributed by atoms with van der Waals surface area (Å²) in [6, 6.07) is 0. The van der Waals surface area contributed by atoms with Crippen molar-refractivity contribution in [2.75, 3.05) is 7.11 Å². The highest BCUT2D eigenvalue weighted by Crippen LogP contribution is 2.31. The standard InChI is InChI=1S/C9H15FN2O/c1-9(2,3)7-6(13-5)8(10)12(4)11-7/h1-5H3. The molecule has 1 rings (SSSR count). The number of methoxy groups -OCH3 is 1. The molecule has 0 aliphatic heterocycles. The Morgan fingerprint density at radius 1 is 1.38 bits per heavy atom. The van der Waals surface area contributed by atoms with Gasteiger partial charge in [0, 0.05) is 12.5 Å². The minimum atomic E-state index is -0.424. The fourth-order valence-electron chi connectivity index (χ4n) is 1.16. The van der Waals surface area contributed by atoms with E-state index in [9.17, 15) is 4.39 Å². The van der Waals surface area contributed by atoms with Crippen LogP contribution in [0, 0.1) is 5.95 Å². The predicted octanol–water partition coefficient (Wildman–Crippen LogP) is 1.87. The van der Waals surface area contributed by atoms with E-state index in [0.29, 0.717) is 5.69 Å². The lowest BCUT2D eigenvalue weighted by molar-refractivity contribution is 0.365. The molecule has 0 aromatic carbocycles. The van der Waals surface area contributed by atoms with Crippen molar-refractivity contribution in [3.05, 3.63) is 11.6 Å². The largest absolute Gasteiger partial charge is 0.490 e. The van der Waals surface area contributed by atoms with Crippen LogP contribution < -0.4 is 4.74 Å². The van der Waals surface area contributed by atoms with Crippen molar-refractivity contribution in [1.29, 1.82) is 0 Å². The maximum absolute atomic E-state index is 13.3. The Balaban J connectivity index is 3.30. The van der Waals surface area contributed by atoms with Gasteiger partial charge in [-0.3, -0.25) is 0 Å². The lowest BCUT2D eigenvalue weighted by Crippen LogP contribution is -2.13. The van der Waals surface area contributed by atoms with Gasteiger partial charge in [0.25, 0.3) is 5.95 Å². The topological polar surface area (TPSA) is 27.1 Å². The average molecular weight is 186 g/mol. The van der Waals surface area contributed by atoms with Crippen LogP contribution in [-0.2, 0) is 12.5 Å². The first-order valence-electron chi connectivity index (χ1n) is 4.15. The summed E-state index contributed by atoms with van der Waals surface area (Å²) >= 11 is 0. The molecule has 13 heavy (non-hydrogen) atoms. The number of halogens is 1. The SMILES string of the molecule is COc1c(C(C)(C)C)nn(C)c1F. The molecule has 0 saturated heterocycles. The zero-order chi connectivity index (χ0) is 10.2. The summed E-state index contributed by atoms with van der Waals surface area (Å²) in [5.41, 5.74) is 0.447. The second kappa shape index (κ2) is 3.01. The number of hydrogen-bond donors (Lipinski definition) is 0. The maximum Gasteiger partial charge on any atom is 0.254 e. The first-order valence-corrected chi connectivity index (χ1v) is 4.15. The second-order valence-corrected chi connectivity index (χ2v) is 4.05. The fourth-order valence-corrected chi connectivity index (χ4v) is 1.16. The lowest BCUT2D eigenvalue weighted by Gasteiger charge is -2.15. The summed E-state index contributed by atoms with van der Waals surface area (Å²) in [6.07, 6.45) is 0. The fraction of sp³-hybridized carbons (Fsp3) is 0.667. The molecule has 0 saturated carbocycles. The van der Waals surface area contributed by atoms with Gasteiger partial charge in [0.15, 0.2) is 5.75 Å². The van der Waals surface area contributed by atoms with Crippen LogP contribution in [0.4, 0.5) is 4.39 Å². The first kappa shape index (κ1) is 10.0. The minimum Gasteiger partial charge on any atom is -0.490 e. The molecular formula is C9H15FN2O. The van der Waals surface area contributed by atoms with E-state index < -0.39 is 5.95 Å². The van der Waals surface area contributed by atoms with E-state index in [1.165, 1.54) is 11.8 Å². The van der Waals surface area contributed by atoms with E-state index in [4.69, 9.17) is 4.74 Å². The van der Waals surface area contributed by atoms with Crippen LogP contribution >= 0.6 is 0 Å². The molecule has 4 heteroatoms. The van der Waals surface area contributed by atoms with Crippen LogP contribution in [0.15, 0.2) is 0 Å². The molecule has 0 fully saturated rings.